The zero-order valence-electron chi connectivity index (χ0n) is 25.7. The molecule has 236 valence electrons. The lowest BCUT2D eigenvalue weighted by Gasteiger charge is -2.25. The Balaban J connectivity index is 1.18. The second kappa shape index (κ2) is 10.5. The van der Waals surface area contributed by atoms with Crippen molar-refractivity contribution in [1.82, 2.24) is 29.0 Å². The summed E-state index contributed by atoms with van der Waals surface area (Å²) in [6.45, 7) is 7.55. The first-order valence-electron chi connectivity index (χ1n) is 15.1. The van der Waals surface area contributed by atoms with Gasteiger partial charge in [0.05, 0.1) is 40.6 Å². The van der Waals surface area contributed by atoms with Gasteiger partial charge in [-0.1, -0.05) is 17.7 Å². The summed E-state index contributed by atoms with van der Waals surface area (Å²) in [5.41, 5.74) is 4.62. The van der Waals surface area contributed by atoms with Gasteiger partial charge in [-0.15, -0.1) is 0 Å². The molecule has 2 saturated carbocycles. The molecule has 1 amide bonds. The minimum Gasteiger partial charge on any atom is -0.377 e. The van der Waals surface area contributed by atoms with Crippen LogP contribution in [-0.2, 0) is 17.1 Å². The highest BCUT2D eigenvalue weighted by molar-refractivity contribution is 7.89. The summed E-state index contributed by atoms with van der Waals surface area (Å²) in [5.74, 6) is 1.12. The molecule has 4 aromatic rings. The van der Waals surface area contributed by atoms with E-state index in [0.29, 0.717) is 40.6 Å². The van der Waals surface area contributed by atoms with E-state index < -0.39 is 22.0 Å². The number of hydrogen-bond acceptors (Lipinski definition) is 9. The summed E-state index contributed by atoms with van der Waals surface area (Å²) in [6, 6.07) is 9.26. The molecule has 14 heteroatoms. The first-order chi connectivity index (χ1) is 21.3. The number of sulfonamides is 1. The van der Waals surface area contributed by atoms with Gasteiger partial charge in [0, 0.05) is 37.3 Å². The number of amides is 1. The highest BCUT2D eigenvalue weighted by Gasteiger charge is 2.58. The van der Waals surface area contributed by atoms with Gasteiger partial charge in [0.2, 0.25) is 16.0 Å². The summed E-state index contributed by atoms with van der Waals surface area (Å²) >= 11 is 6.05. The molecule has 0 bridgehead atoms. The van der Waals surface area contributed by atoms with Crippen molar-refractivity contribution in [1.29, 1.82) is 0 Å². The third-order valence-electron chi connectivity index (χ3n) is 9.18. The van der Waals surface area contributed by atoms with Crippen LogP contribution in [0.5, 0.6) is 0 Å². The van der Waals surface area contributed by atoms with Crippen LogP contribution in [0.15, 0.2) is 35.1 Å². The maximum Gasteiger partial charge on any atom is 0.285 e. The van der Waals surface area contributed by atoms with E-state index in [-0.39, 0.29) is 22.1 Å². The molecule has 4 atom stereocenters. The van der Waals surface area contributed by atoms with Crippen molar-refractivity contribution in [2.24, 2.45) is 18.9 Å². The lowest BCUT2D eigenvalue weighted by atomic mass is 10.0. The normalized spacial score (nSPS) is 21.6. The Hall–Kier alpha value is -3.97. The van der Waals surface area contributed by atoms with Crippen LogP contribution in [-0.4, -0.2) is 58.0 Å². The van der Waals surface area contributed by atoms with Gasteiger partial charge in [0.1, 0.15) is 5.15 Å². The molecule has 4 heterocycles. The lowest BCUT2D eigenvalue weighted by Crippen LogP contribution is -2.32. The van der Waals surface area contributed by atoms with Gasteiger partial charge in [0.15, 0.2) is 5.69 Å². The second-order valence-corrected chi connectivity index (χ2v) is 14.9. The van der Waals surface area contributed by atoms with Crippen molar-refractivity contribution in [2.75, 3.05) is 29.6 Å². The van der Waals surface area contributed by atoms with Gasteiger partial charge in [-0.25, -0.2) is 23.1 Å². The van der Waals surface area contributed by atoms with E-state index in [4.69, 9.17) is 21.7 Å². The maximum absolute atomic E-state index is 13.7. The van der Waals surface area contributed by atoms with Crippen LogP contribution in [0.25, 0.3) is 10.9 Å². The number of piperidine rings is 1. The van der Waals surface area contributed by atoms with Gasteiger partial charge < -0.3 is 10.2 Å². The zero-order valence-corrected chi connectivity index (χ0v) is 27.3. The quantitative estimate of drug-likeness (QED) is 0.272. The molecule has 7 rings (SSSR count). The first kappa shape index (κ1) is 29.7. The second-order valence-electron chi connectivity index (χ2n) is 12.8. The molecular weight excluding hydrogens is 616 g/mol. The van der Waals surface area contributed by atoms with Gasteiger partial charge in [0.25, 0.3) is 11.5 Å². The van der Waals surface area contributed by atoms with Gasteiger partial charge in [-0.3, -0.25) is 18.8 Å². The fourth-order valence-electron chi connectivity index (χ4n) is 6.90. The predicted octanol–water partition coefficient (Wildman–Crippen LogP) is 3.84. The number of nitrogens with zero attached hydrogens (tertiary/aromatic N) is 6. The molecule has 0 spiro atoms. The molecule has 0 radical (unpaired) electrons. The molecule has 1 unspecified atom stereocenters. The van der Waals surface area contributed by atoms with E-state index in [1.807, 2.05) is 30.7 Å². The molecule has 2 N–H and O–H groups in total. The van der Waals surface area contributed by atoms with Crippen LogP contribution >= 0.6 is 11.6 Å². The number of benzene rings is 1. The number of pyridine rings is 1. The summed E-state index contributed by atoms with van der Waals surface area (Å²) in [6.07, 6.45) is 3.31. The fraction of sp³-hybridized carbons (Fsp3) is 0.452. The fourth-order valence-corrected chi connectivity index (χ4v) is 7.48. The number of carbonyl (C=O) groups excluding carboxylic acids is 1. The average molecular weight is 651 g/mol. The smallest absolute Gasteiger partial charge is 0.285 e. The number of nitrogens with one attached hydrogen (secondary N) is 2. The molecule has 2 aliphatic carbocycles. The standard InChI is InChI=1S/C31H35ClN8O4S/c1-15-10-19(17(3)33-23-8-9-25(32)34-28(23)29(41)37-45(5,43)44)27-20(11-15)30(42)38(4)31(35-27)39-13-21-22(14-39)26(21)24-12-16(2)40(36-24)18-6-7-18/h8-12,17-18,21-22,26,33H,6-7,13-14H2,1-5H3,(H,37,41)/t17-,21-,22+,26?/m1/s1. The zero-order chi connectivity index (χ0) is 31.9. The van der Waals surface area contributed by atoms with Crippen LogP contribution in [0.2, 0.25) is 5.15 Å². The Morgan fingerprint density at radius 3 is 2.47 bits per heavy atom. The Bertz CT molecular complexity index is 2040. The number of anilines is 2. The minimum atomic E-state index is -3.83. The average Bonchev–Trinajstić information content (AvgIpc) is 3.85. The van der Waals surface area contributed by atoms with Crippen LogP contribution in [0.3, 0.4) is 0 Å². The van der Waals surface area contributed by atoms with E-state index in [1.165, 1.54) is 30.3 Å². The predicted molar refractivity (Wildman–Crippen MR) is 172 cm³/mol. The van der Waals surface area contributed by atoms with E-state index in [0.717, 1.165) is 30.5 Å². The van der Waals surface area contributed by atoms with Crippen molar-refractivity contribution in [3.05, 3.63) is 74.0 Å². The highest BCUT2D eigenvalue weighted by atomic mass is 35.5. The summed E-state index contributed by atoms with van der Waals surface area (Å²) in [5, 5.41) is 8.76. The summed E-state index contributed by atoms with van der Waals surface area (Å²) in [7, 11) is -2.06. The first-order valence-corrected chi connectivity index (χ1v) is 17.3. The Labute approximate surface area is 265 Å². The number of hydrogen-bond donors (Lipinski definition) is 2. The third-order valence-corrected chi connectivity index (χ3v) is 9.94. The summed E-state index contributed by atoms with van der Waals surface area (Å²) < 4.78 is 29.2. The van der Waals surface area contributed by atoms with E-state index in [9.17, 15) is 18.0 Å². The summed E-state index contributed by atoms with van der Waals surface area (Å²) in [4.78, 5) is 37.8. The van der Waals surface area contributed by atoms with Gasteiger partial charge in [-0.2, -0.15) is 5.10 Å². The number of halogens is 1. The van der Waals surface area contributed by atoms with E-state index in [1.54, 1.807) is 17.7 Å². The van der Waals surface area contributed by atoms with Crippen LogP contribution in [0.1, 0.15) is 70.8 Å². The molecular formula is C31H35ClN8O4S. The number of rotatable bonds is 8. The van der Waals surface area contributed by atoms with Crippen LogP contribution in [0, 0.1) is 25.7 Å². The highest BCUT2D eigenvalue weighted by Crippen LogP contribution is 2.58. The van der Waals surface area contributed by atoms with Crippen molar-refractivity contribution in [3.8, 4) is 0 Å². The van der Waals surface area contributed by atoms with Crippen molar-refractivity contribution < 1.29 is 13.2 Å². The van der Waals surface area contributed by atoms with Crippen molar-refractivity contribution in [3.63, 3.8) is 0 Å². The lowest BCUT2D eigenvalue weighted by molar-refractivity contribution is 0.0977. The van der Waals surface area contributed by atoms with E-state index >= 15 is 0 Å². The van der Waals surface area contributed by atoms with Gasteiger partial charge in [-0.05, 0) is 75.3 Å². The largest absolute Gasteiger partial charge is 0.377 e. The molecule has 1 saturated heterocycles. The molecule has 3 aromatic heterocycles. The third kappa shape index (κ3) is 5.45. The maximum atomic E-state index is 13.7. The van der Waals surface area contributed by atoms with Crippen molar-refractivity contribution >= 4 is 50.1 Å². The number of aromatic nitrogens is 5. The number of fused-ring (bicyclic) bond motifs is 2. The molecule has 3 fully saturated rings. The van der Waals surface area contributed by atoms with Crippen LogP contribution < -0.4 is 20.5 Å². The topological polar surface area (TPSA) is 144 Å². The number of aryl methyl sites for hydroxylation is 2. The van der Waals surface area contributed by atoms with E-state index in [2.05, 4.69) is 32.9 Å². The number of carbonyl (C=O) groups is 1. The monoisotopic (exact) mass is 650 g/mol. The molecule has 3 aliphatic rings. The molecule has 1 aliphatic heterocycles. The molecule has 1 aromatic carbocycles. The Morgan fingerprint density at radius 2 is 1.80 bits per heavy atom. The molecule has 45 heavy (non-hydrogen) atoms. The Kier molecular flexibility index (Phi) is 6.97. The molecule has 12 nitrogen and oxygen atoms in total. The van der Waals surface area contributed by atoms with Crippen molar-refractivity contribution in [2.45, 2.75) is 51.6 Å². The van der Waals surface area contributed by atoms with Crippen LogP contribution in [0.4, 0.5) is 11.6 Å². The minimum absolute atomic E-state index is 0.0416. The van der Waals surface area contributed by atoms with Gasteiger partial charge >= 0.3 is 0 Å². The SMILES string of the molecule is Cc1cc([C@@H](C)Nc2ccc(Cl)nc2C(=O)NS(C)(=O)=O)c2nc(N3C[C@@H]4C(c5cc(C)n(C6CC6)n5)[C@@H]4C3)n(C)c(=O)c2c1. The Morgan fingerprint density at radius 1 is 1.09 bits per heavy atom.